The summed E-state index contributed by atoms with van der Waals surface area (Å²) in [5, 5.41) is 3.95. The number of aromatic nitrogens is 4. The van der Waals surface area contributed by atoms with Crippen LogP contribution in [0.3, 0.4) is 0 Å². The maximum Gasteiger partial charge on any atom is 0.248 e. The summed E-state index contributed by atoms with van der Waals surface area (Å²) in [4.78, 5) is 15.1. The van der Waals surface area contributed by atoms with Crippen molar-refractivity contribution in [1.29, 1.82) is 0 Å². The van der Waals surface area contributed by atoms with Gasteiger partial charge < -0.3 is 10.3 Å². The molecular weight excluding hydrogens is 393 g/mol. The van der Waals surface area contributed by atoms with Gasteiger partial charge in [-0.1, -0.05) is 36.4 Å². The summed E-state index contributed by atoms with van der Waals surface area (Å²) in [5.74, 6) is -1.12. The van der Waals surface area contributed by atoms with E-state index in [0.717, 1.165) is 6.07 Å². The zero-order chi connectivity index (χ0) is 21.8. The lowest BCUT2D eigenvalue weighted by Crippen LogP contribution is -2.16. The molecule has 0 radical (unpaired) electrons. The highest BCUT2D eigenvalue weighted by Gasteiger charge is 2.21. The molecular formula is C24H24FN5O. The van der Waals surface area contributed by atoms with Crippen molar-refractivity contribution in [2.45, 2.75) is 25.3 Å². The molecule has 1 amide bonds. The summed E-state index contributed by atoms with van der Waals surface area (Å²) in [6.45, 7) is 0. The van der Waals surface area contributed by atoms with Crippen LogP contribution in [-0.4, -0.2) is 25.2 Å². The van der Waals surface area contributed by atoms with Crippen LogP contribution in [0.4, 0.5) is 4.39 Å². The Labute approximate surface area is 180 Å². The normalized spacial score (nSPS) is 13.2. The van der Waals surface area contributed by atoms with Crippen molar-refractivity contribution < 1.29 is 9.18 Å². The summed E-state index contributed by atoms with van der Waals surface area (Å²) in [6.07, 6.45) is 11.1. The fourth-order valence-electron chi connectivity index (χ4n) is 3.56. The smallest absolute Gasteiger partial charge is 0.248 e. The lowest BCUT2D eigenvalue weighted by atomic mass is 9.92. The number of benzene rings is 2. The average molecular weight is 417 g/mol. The Balaban J connectivity index is 0.000000149. The van der Waals surface area contributed by atoms with E-state index in [2.05, 4.69) is 38.9 Å². The molecule has 1 fully saturated rings. The number of rotatable bonds is 4. The van der Waals surface area contributed by atoms with Gasteiger partial charge in [0, 0.05) is 36.0 Å². The van der Waals surface area contributed by atoms with Gasteiger partial charge in [-0.2, -0.15) is 5.10 Å². The van der Waals surface area contributed by atoms with Crippen molar-refractivity contribution >= 4 is 5.91 Å². The molecule has 2 heterocycles. The Morgan fingerprint density at radius 2 is 1.87 bits per heavy atom. The van der Waals surface area contributed by atoms with Crippen LogP contribution in [0.2, 0.25) is 0 Å². The van der Waals surface area contributed by atoms with Gasteiger partial charge >= 0.3 is 0 Å². The molecule has 0 saturated heterocycles. The van der Waals surface area contributed by atoms with Gasteiger partial charge in [0.1, 0.15) is 5.82 Å². The summed E-state index contributed by atoms with van der Waals surface area (Å²) in [6, 6.07) is 15.3. The molecule has 158 valence electrons. The Kier molecular flexibility index (Phi) is 5.93. The fraction of sp³-hybridized carbons (Fsp3) is 0.208. The highest BCUT2D eigenvalue weighted by molar-refractivity contribution is 5.93. The molecule has 0 atom stereocenters. The van der Waals surface area contributed by atoms with Crippen LogP contribution in [0.15, 0.2) is 73.4 Å². The van der Waals surface area contributed by atoms with Gasteiger partial charge in [-0.3, -0.25) is 9.48 Å². The van der Waals surface area contributed by atoms with Crippen molar-refractivity contribution in [1.82, 2.24) is 19.3 Å². The first-order valence-corrected chi connectivity index (χ1v) is 10.2. The van der Waals surface area contributed by atoms with Crippen LogP contribution in [0.5, 0.6) is 0 Å². The Hall–Kier alpha value is -3.74. The number of imidazole rings is 1. The average Bonchev–Trinajstić information content (AvgIpc) is 3.37. The summed E-state index contributed by atoms with van der Waals surface area (Å²) in [5.41, 5.74) is 8.79. The molecule has 7 heteroatoms. The lowest BCUT2D eigenvalue weighted by Gasteiger charge is -2.28. The summed E-state index contributed by atoms with van der Waals surface area (Å²) < 4.78 is 17.6. The van der Waals surface area contributed by atoms with Gasteiger partial charge in [-0.15, -0.1) is 0 Å². The number of nitrogens with two attached hydrogens (primary N) is 1. The first-order valence-electron chi connectivity index (χ1n) is 10.2. The third kappa shape index (κ3) is 4.55. The molecule has 0 unspecified atom stereocenters. The van der Waals surface area contributed by atoms with Gasteiger partial charge in [0.2, 0.25) is 5.91 Å². The molecule has 2 N–H and O–H groups in total. The fourth-order valence-corrected chi connectivity index (χ4v) is 3.56. The molecule has 2 aromatic carbocycles. The maximum absolute atomic E-state index is 13.7. The molecule has 2 aromatic heterocycles. The largest absolute Gasteiger partial charge is 0.366 e. The van der Waals surface area contributed by atoms with Crippen LogP contribution in [0.25, 0.3) is 22.4 Å². The van der Waals surface area contributed by atoms with E-state index in [1.807, 2.05) is 18.6 Å². The third-order valence-corrected chi connectivity index (χ3v) is 5.47. The van der Waals surface area contributed by atoms with Gasteiger partial charge in [0.15, 0.2) is 0 Å². The quantitative estimate of drug-likeness (QED) is 0.527. The molecule has 31 heavy (non-hydrogen) atoms. The minimum Gasteiger partial charge on any atom is -0.366 e. The highest BCUT2D eigenvalue weighted by Crippen LogP contribution is 2.35. The highest BCUT2D eigenvalue weighted by atomic mass is 19.1. The second-order valence-corrected chi connectivity index (χ2v) is 7.60. The zero-order valence-corrected chi connectivity index (χ0v) is 17.3. The van der Waals surface area contributed by atoms with Crippen LogP contribution in [0, 0.1) is 5.82 Å². The van der Waals surface area contributed by atoms with E-state index in [4.69, 9.17) is 5.73 Å². The molecule has 0 spiro atoms. The summed E-state index contributed by atoms with van der Waals surface area (Å²) in [7, 11) is 1.75. The van der Waals surface area contributed by atoms with Crippen molar-refractivity contribution in [3.05, 3.63) is 84.8 Å². The van der Waals surface area contributed by atoms with Crippen molar-refractivity contribution in [2.24, 2.45) is 12.8 Å². The molecule has 5 rings (SSSR count). The van der Waals surface area contributed by atoms with Gasteiger partial charge in [0.25, 0.3) is 0 Å². The molecule has 0 aliphatic heterocycles. The minimum atomic E-state index is -0.642. The number of amides is 1. The predicted molar refractivity (Wildman–Crippen MR) is 118 cm³/mol. The van der Waals surface area contributed by atoms with E-state index in [1.165, 1.54) is 42.7 Å². The van der Waals surface area contributed by atoms with E-state index in [0.29, 0.717) is 17.2 Å². The van der Waals surface area contributed by atoms with Crippen molar-refractivity contribution in [2.75, 3.05) is 0 Å². The standard InChI is InChI=1S/C13H14N2.C11H10FN3O/c1-2-5-11(6-3-1)13-9-14-10-15(13)12-7-4-8-12;1-15-6-8(5-14-15)9-3-2-7(11(13)16)4-10(9)12/h1-3,5-6,9-10,12H,4,7-8H2;2-6H,1H3,(H2,13,16). The molecule has 6 nitrogen and oxygen atoms in total. The van der Waals surface area contributed by atoms with Gasteiger partial charge in [-0.25, -0.2) is 9.37 Å². The molecule has 1 aliphatic carbocycles. The number of nitrogens with zero attached hydrogens (tertiary/aromatic N) is 4. The first kappa shape index (κ1) is 20.5. The van der Waals surface area contributed by atoms with Crippen molar-refractivity contribution in [3.8, 4) is 22.4 Å². The zero-order valence-electron chi connectivity index (χ0n) is 17.3. The van der Waals surface area contributed by atoms with Gasteiger partial charge in [0.05, 0.1) is 24.4 Å². The van der Waals surface area contributed by atoms with E-state index in [-0.39, 0.29) is 5.56 Å². The SMILES string of the molecule is Cn1cc(-c2ccc(C(N)=O)cc2F)cn1.c1ccc(-c2cncn2C2CCC2)cc1. The second kappa shape index (κ2) is 8.95. The molecule has 1 aliphatic rings. The first-order chi connectivity index (χ1) is 15.0. The Morgan fingerprint density at radius 1 is 1.10 bits per heavy atom. The maximum atomic E-state index is 13.7. The topological polar surface area (TPSA) is 78.7 Å². The van der Waals surface area contributed by atoms with E-state index >= 15 is 0 Å². The molecule has 0 bridgehead atoms. The number of primary amides is 1. The van der Waals surface area contributed by atoms with Gasteiger partial charge in [-0.05, 0) is 37.0 Å². The number of hydrogen-bond donors (Lipinski definition) is 1. The van der Waals surface area contributed by atoms with E-state index in [1.54, 1.807) is 24.1 Å². The second-order valence-electron chi connectivity index (χ2n) is 7.60. The molecule has 1 saturated carbocycles. The monoisotopic (exact) mass is 417 g/mol. The van der Waals surface area contributed by atoms with Crippen LogP contribution < -0.4 is 5.73 Å². The minimum absolute atomic E-state index is 0.158. The van der Waals surface area contributed by atoms with Crippen LogP contribution in [-0.2, 0) is 7.05 Å². The van der Waals surface area contributed by atoms with Crippen LogP contribution >= 0.6 is 0 Å². The Bertz CT molecular complexity index is 1180. The Morgan fingerprint density at radius 3 is 2.45 bits per heavy atom. The number of aryl methyl sites for hydroxylation is 1. The predicted octanol–water partition coefficient (Wildman–Crippen LogP) is 4.60. The number of hydrogen-bond acceptors (Lipinski definition) is 3. The van der Waals surface area contributed by atoms with E-state index < -0.39 is 11.7 Å². The number of carbonyl (C=O) groups is 1. The lowest BCUT2D eigenvalue weighted by molar-refractivity contribution is 0.1000. The van der Waals surface area contributed by atoms with E-state index in [9.17, 15) is 9.18 Å². The number of halogens is 1. The summed E-state index contributed by atoms with van der Waals surface area (Å²) >= 11 is 0. The number of carbonyl (C=O) groups excluding carboxylic acids is 1. The van der Waals surface area contributed by atoms with Crippen molar-refractivity contribution in [3.63, 3.8) is 0 Å². The third-order valence-electron chi connectivity index (χ3n) is 5.47. The van der Waals surface area contributed by atoms with Crippen LogP contribution in [0.1, 0.15) is 35.7 Å². The molecule has 4 aromatic rings.